The Morgan fingerprint density at radius 3 is 1.86 bits per heavy atom. The minimum absolute atomic E-state index is 0.542. The van der Waals surface area contributed by atoms with Gasteiger partial charge in [-0.15, -0.1) is 11.6 Å². The summed E-state index contributed by atoms with van der Waals surface area (Å²) in [5.41, 5.74) is 1.41. The van der Waals surface area contributed by atoms with Crippen molar-refractivity contribution >= 4 is 11.6 Å². The van der Waals surface area contributed by atoms with E-state index in [4.69, 9.17) is 16.3 Å². The molecule has 0 aromatic heterocycles. The molecule has 0 saturated carbocycles. The Labute approximate surface area is 142 Å². The summed E-state index contributed by atoms with van der Waals surface area (Å²) in [5, 5.41) is 0. The molecule has 0 amide bonds. The first-order chi connectivity index (χ1) is 10.9. The van der Waals surface area contributed by atoms with Crippen LogP contribution in [0, 0.1) is 0 Å². The van der Waals surface area contributed by atoms with Crippen LogP contribution in [0.4, 0.5) is 0 Å². The van der Waals surface area contributed by atoms with Gasteiger partial charge in [-0.2, -0.15) is 0 Å². The number of alkyl halides is 1. The van der Waals surface area contributed by atoms with Gasteiger partial charge in [0.05, 0.1) is 5.88 Å². The first-order valence-electron chi connectivity index (χ1n) is 9.14. The van der Waals surface area contributed by atoms with E-state index in [2.05, 4.69) is 31.2 Å². The van der Waals surface area contributed by atoms with Crippen molar-refractivity contribution in [2.24, 2.45) is 0 Å². The van der Waals surface area contributed by atoms with Crippen LogP contribution in [0.3, 0.4) is 0 Å². The summed E-state index contributed by atoms with van der Waals surface area (Å²) in [6.07, 6.45) is 15.1. The molecule has 0 heterocycles. The third kappa shape index (κ3) is 10.1. The molecule has 0 N–H and O–H groups in total. The summed E-state index contributed by atoms with van der Waals surface area (Å²) in [6.45, 7) is 2.86. The molecule has 1 aromatic carbocycles. The zero-order valence-corrected chi connectivity index (χ0v) is 15.0. The molecule has 1 rings (SSSR count). The zero-order chi connectivity index (χ0) is 15.9. The number of hydrogen-bond acceptors (Lipinski definition) is 1. The lowest BCUT2D eigenvalue weighted by atomic mass is 10.0. The number of benzene rings is 1. The van der Waals surface area contributed by atoms with E-state index in [1.54, 1.807) is 0 Å². The van der Waals surface area contributed by atoms with E-state index < -0.39 is 0 Å². The molecule has 1 aromatic rings. The molecule has 2 heteroatoms. The van der Waals surface area contributed by atoms with Gasteiger partial charge in [0.15, 0.2) is 0 Å². The van der Waals surface area contributed by atoms with Gasteiger partial charge in [0, 0.05) is 0 Å². The molecule has 0 aliphatic heterocycles. The van der Waals surface area contributed by atoms with Crippen LogP contribution in [0.15, 0.2) is 24.3 Å². The van der Waals surface area contributed by atoms with Gasteiger partial charge in [-0.25, -0.2) is 0 Å². The van der Waals surface area contributed by atoms with Gasteiger partial charge in [0.2, 0.25) is 0 Å². The van der Waals surface area contributed by atoms with E-state index in [9.17, 15) is 0 Å². The minimum Gasteiger partial charge on any atom is -0.492 e. The standard InChI is InChI=1S/C20H33ClO/c1-2-3-4-5-6-7-8-9-10-11-12-19-13-15-20(16-14-19)22-18-17-21/h13-16H,2-12,17-18H2,1H3. The van der Waals surface area contributed by atoms with E-state index in [0.717, 1.165) is 5.75 Å². The number of unbranched alkanes of at least 4 members (excludes halogenated alkanes) is 9. The fourth-order valence-corrected chi connectivity index (χ4v) is 2.80. The van der Waals surface area contributed by atoms with Gasteiger partial charge in [0.1, 0.15) is 12.4 Å². The summed E-state index contributed by atoms with van der Waals surface area (Å²) in [5.74, 6) is 1.47. The predicted molar refractivity (Wildman–Crippen MR) is 98.2 cm³/mol. The second kappa shape index (κ2) is 13.9. The van der Waals surface area contributed by atoms with Crippen molar-refractivity contribution in [2.45, 2.75) is 77.6 Å². The first-order valence-corrected chi connectivity index (χ1v) is 9.68. The summed E-state index contributed by atoms with van der Waals surface area (Å²) in [6, 6.07) is 8.46. The number of aryl methyl sites for hydroxylation is 1. The largest absolute Gasteiger partial charge is 0.492 e. The molecule has 0 radical (unpaired) electrons. The maximum absolute atomic E-state index is 5.61. The SMILES string of the molecule is CCCCCCCCCCCCc1ccc(OCCCl)cc1. The van der Waals surface area contributed by atoms with Crippen molar-refractivity contribution in [3.8, 4) is 5.75 Å². The van der Waals surface area contributed by atoms with Crippen LogP contribution in [0.2, 0.25) is 0 Å². The topological polar surface area (TPSA) is 9.23 Å². The molecule has 0 atom stereocenters. The van der Waals surface area contributed by atoms with Crippen molar-refractivity contribution in [3.05, 3.63) is 29.8 Å². The minimum atomic E-state index is 0.542. The fourth-order valence-electron chi connectivity index (χ4n) is 2.73. The fraction of sp³-hybridized carbons (Fsp3) is 0.700. The van der Waals surface area contributed by atoms with Crippen molar-refractivity contribution < 1.29 is 4.74 Å². The van der Waals surface area contributed by atoms with Crippen LogP contribution in [0.1, 0.15) is 76.7 Å². The quantitative estimate of drug-likeness (QED) is 0.271. The lowest BCUT2D eigenvalue weighted by Gasteiger charge is -2.06. The average Bonchev–Trinajstić information content (AvgIpc) is 2.56. The molecule has 0 bridgehead atoms. The van der Waals surface area contributed by atoms with Crippen molar-refractivity contribution in [3.63, 3.8) is 0 Å². The van der Waals surface area contributed by atoms with E-state index >= 15 is 0 Å². The Balaban J connectivity index is 1.96. The summed E-state index contributed by atoms with van der Waals surface area (Å²) >= 11 is 5.61. The van der Waals surface area contributed by atoms with E-state index in [1.807, 2.05) is 0 Å². The maximum atomic E-state index is 5.61. The second-order valence-electron chi connectivity index (χ2n) is 6.11. The van der Waals surface area contributed by atoms with Gasteiger partial charge < -0.3 is 4.74 Å². The third-order valence-corrected chi connectivity index (χ3v) is 4.24. The highest BCUT2D eigenvalue weighted by Crippen LogP contribution is 2.15. The van der Waals surface area contributed by atoms with Crippen LogP contribution in [0.5, 0.6) is 5.75 Å². The molecular weight excluding hydrogens is 292 g/mol. The molecule has 126 valence electrons. The molecular formula is C20H33ClO. The predicted octanol–water partition coefficient (Wildman–Crippen LogP) is 6.77. The summed E-state index contributed by atoms with van der Waals surface area (Å²) in [4.78, 5) is 0. The highest BCUT2D eigenvalue weighted by molar-refractivity contribution is 6.17. The lowest BCUT2D eigenvalue weighted by Crippen LogP contribution is -1.97. The average molecular weight is 325 g/mol. The molecule has 0 fully saturated rings. The Bertz CT molecular complexity index is 347. The van der Waals surface area contributed by atoms with Gasteiger partial charge in [-0.3, -0.25) is 0 Å². The van der Waals surface area contributed by atoms with Crippen LogP contribution in [0.25, 0.3) is 0 Å². The van der Waals surface area contributed by atoms with E-state index in [0.29, 0.717) is 12.5 Å². The Hall–Kier alpha value is -0.690. The normalized spacial score (nSPS) is 10.8. The molecule has 0 saturated heterocycles. The zero-order valence-electron chi connectivity index (χ0n) is 14.3. The molecule has 1 nitrogen and oxygen atoms in total. The van der Waals surface area contributed by atoms with Gasteiger partial charge in [-0.05, 0) is 30.5 Å². The number of ether oxygens (including phenoxy) is 1. The number of halogens is 1. The van der Waals surface area contributed by atoms with Crippen molar-refractivity contribution in [1.29, 1.82) is 0 Å². The lowest BCUT2D eigenvalue weighted by molar-refractivity contribution is 0.342. The van der Waals surface area contributed by atoms with Crippen LogP contribution in [-0.4, -0.2) is 12.5 Å². The Morgan fingerprint density at radius 1 is 0.773 bits per heavy atom. The van der Waals surface area contributed by atoms with Crippen LogP contribution >= 0.6 is 11.6 Å². The number of rotatable bonds is 14. The van der Waals surface area contributed by atoms with Gasteiger partial charge in [-0.1, -0.05) is 76.8 Å². The van der Waals surface area contributed by atoms with E-state index in [-0.39, 0.29) is 0 Å². The molecule has 0 spiro atoms. The summed E-state index contributed by atoms with van der Waals surface area (Å²) in [7, 11) is 0. The maximum Gasteiger partial charge on any atom is 0.119 e. The van der Waals surface area contributed by atoms with E-state index in [1.165, 1.54) is 76.2 Å². The molecule has 0 aliphatic rings. The number of hydrogen-bond donors (Lipinski definition) is 0. The molecule has 0 unspecified atom stereocenters. The molecule has 0 aliphatic carbocycles. The smallest absolute Gasteiger partial charge is 0.119 e. The molecule has 22 heavy (non-hydrogen) atoms. The van der Waals surface area contributed by atoms with Crippen LogP contribution < -0.4 is 4.74 Å². The van der Waals surface area contributed by atoms with Gasteiger partial charge >= 0.3 is 0 Å². The second-order valence-corrected chi connectivity index (χ2v) is 6.49. The summed E-state index contributed by atoms with van der Waals surface area (Å²) < 4.78 is 5.48. The third-order valence-electron chi connectivity index (χ3n) is 4.09. The van der Waals surface area contributed by atoms with Crippen molar-refractivity contribution in [2.75, 3.05) is 12.5 Å². The van der Waals surface area contributed by atoms with Crippen molar-refractivity contribution in [1.82, 2.24) is 0 Å². The highest BCUT2D eigenvalue weighted by atomic mass is 35.5. The highest BCUT2D eigenvalue weighted by Gasteiger charge is 1.97. The van der Waals surface area contributed by atoms with Crippen LogP contribution in [-0.2, 0) is 6.42 Å². The monoisotopic (exact) mass is 324 g/mol. The van der Waals surface area contributed by atoms with Gasteiger partial charge in [0.25, 0.3) is 0 Å². The Morgan fingerprint density at radius 2 is 1.32 bits per heavy atom. The first kappa shape index (κ1) is 19.4. The Kier molecular flexibility index (Phi) is 12.3.